The van der Waals surface area contributed by atoms with E-state index in [-0.39, 0.29) is 12.3 Å². The third kappa shape index (κ3) is 4.75. The minimum Gasteiger partial charge on any atom is -0.481 e. The molecule has 0 aromatic rings. The molecule has 1 saturated carbocycles. The molecule has 4 N–H and O–H groups in total. The lowest BCUT2D eigenvalue weighted by Gasteiger charge is -2.39. The quantitative estimate of drug-likeness (QED) is 0.627. The molecule has 2 rings (SSSR count). The maximum Gasteiger partial charge on any atom is 0.303 e. The summed E-state index contributed by atoms with van der Waals surface area (Å²) in [5.41, 5.74) is 5.63. The minimum atomic E-state index is -0.683. The molecule has 5 nitrogen and oxygen atoms in total. The van der Waals surface area contributed by atoms with Crippen LogP contribution in [0.25, 0.3) is 0 Å². The number of hydrogen-bond donors (Lipinski definition) is 3. The van der Waals surface area contributed by atoms with E-state index in [1.54, 1.807) is 0 Å². The number of nitrogens with zero attached hydrogens (tertiary/aromatic N) is 1. The first kappa shape index (κ1) is 14.8. The normalized spacial score (nSPS) is 29.1. The second kappa shape index (κ2) is 7.22. The molecule has 2 atom stereocenters. The second-order valence-electron chi connectivity index (χ2n) is 6.15. The topological polar surface area (TPSA) is 78.6 Å². The summed E-state index contributed by atoms with van der Waals surface area (Å²) < 4.78 is 0. The van der Waals surface area contributed by atoms with Gasteiger partial charge in [-0.3, -0.25) is 4.79 Å². The molecule has 1 heterocycles. The van der Waals surface area contributed by atoms with Crippen molar-refractivity contribution in [1.82, 2.24) is 10.2 Å². The first-order valence-electron chi connectivity index (χ1n) is 7.55. The van der Waals surface area contributed by atoms with Gasteiger partial charge in [0.2, 0.25) is 0 Å². The number of nitrogens with one attached hydrogen (secondary N) is 1. The minimum absolute atomic E-state index is 0.261. The molecule has 5 heteroatoms. The molecule has 2 unspecified atom stereocenters. The van der Waals surface area contributed by atoms with Crippen LogP contribution in [-0.4, -0.2) is 54.7 Å². The second-order valence-corrected chi connectivity index (χ2v) is 6.15. The average molecular weight is 269 g/mol. The van der Waals surface area contributed by atoms with Crippen molar-refractivity contribution in [1.29, 1.82) is 0 Å². The Morgan fingerprint density at radius 3 is 2.68 bits per heavy atom. The number of likely N-dealkylation sites (tertiary alicyclic amines) is 1. The Morgan fingerprint density at radius 2 is 2.11 bits per heavy atom. The van der Waals surface area contributed by atoms with Gasteiger partial charge in [-0.15, -0.1) is 0 Å². The van der Waals surface area contributed by atoms with Gasteiger partial charge in [-0.2, -0.15) is 0 Å². The van der Waals surface area contributed by atoms with Crippen LogP contribution in [0.4, 0.5) is 0 Å². The molecule has 1 saturated heterocycles. The van der Waals surface area contributed by atoms with Gasteiger partial charge in [-0.05, 0) is 37.6 Å². The average Bonchev–Trinajstić information content (AvgIpc) is 2.26. The Labute approximate surface area is 115 Å². The summed E-state index contributed by atoms with van der Waals surface area (Å²) >= 11 is 0. The molecule has 0 amide bonds. The van der Waals surface area contributed by atoms with E-state index in [9.17, 15) is 4.79 Å². The lowest BCUT2D eigenvalue weighted by Crippen LogP contribution is -2.51. The smallest absolute Gasteiger partial charge is 0.303 e. The number of rotatable bonds is 7. The molecule has 0 spiro atoms. The zero-order chi connectivity index (χ0) is 13.7. The molecule has 2 aliphatic rings. The third-order valence-corrected chi connectivity index (χ3v) is 4.44. The molecule has 0 bridgehead atoms. The van der Waals surface area contributed by atoms with Crippen LogP contribution in [0.1, 0.15) is 32.1 Å². The Bertz CT molecular complexity index is 294. The van der Waals surface area contributed by atoms with Gasteiger partial charge in [0.05, 0.1) is 0 Å². The number of nitrogens with two attached hydrogens (primary N) is 1. The van der Waals surface area contributed by atoms with E-state index in [1.165, 1.54) is 19.3 Å². The zero-order valence-corrected chi connectivity index (χ0v) is 11.7. The molecule has 19 heavy (non-hydrogen) atoms. The number of aliphatic carboxylic acids is 1. The van der Waals surface area contributed by atoms with Crippen LogP contribution in [0.5, 0.6) is 0 Å². The summed E-state index contributed by atoms with van der Waals surface area (Å²) in [6, 6.07) is 0.435. The molecular weight excluding hydrogens is 242 g/mol. The van der Waals surface area contributed by atoms with E-state index in [0.29, 0.717) is 12.6 Å². The maximum atomic E-state index is 10.9. The number of carbonyl (C=O) groups is 1. The lowest BCUT2D eigenvalue weighted by atomic mass is 9.84. The highest BCUT2D eigenvalue weighted by atomic mass is 16.4. The fraction of sp³-hybridized carbons (Fsp3) is 0.929. The summed E-state index contributed by atoms with van der Waals surface area (Å²) in [7, 11) is 0. The van der Waals surface area contributed by atoms with Crippen LogP contribution in [0, 0.1) is 11.8 Å². The van der Waals surface area contributed by atoms with Crippen molar-refractivity contribution in [3.63, 3.8) is 0 Å². The summed E-state index contributed by atoms with van der Waals surface area (Å²) in [5, 5.41) is 12.6. The van der Waals surface area contributed by atoms with E-state index in [2.05, 4.69) is 10.2 Å². The predicted octanol–water partition coefficient (Wildman–Crippen LogP) is 0.500. The van der Waals surface area contributed by atoms with Gasteiger partial charge in [-0.25, -0.2) is 0 Å². The molecular formula is C14H27N3O2. The first-order valence-corrected chi connectivity index (χ1v) is 7.55. The molecule has 0 aromatic carbocycles. The van der Waals surface area contributed by atoms with Crippen molar-refractivity contribution in [2.45, 2.75) is 38.1 Å². The zero-order valence-electron chi connectivity index (χ0n) is 11.7. The Morgan fingerprint density at radius 1 is 1.32 bits per heavy atom. The van der Waals surface area contributed by atoms with Crippen molar-refractivity contribution in [3.8, 4) is 0 Å². The summed E-state index contributed by atoms with van der Waals surface area (Å²) in [6.45, 7) is 4.51. The molecule has 110 valence electrons. The Hall–Kier alpha value is -0.650. The van der Waals surface area contributed by atoms with E-state index < -0.39 is 5.97 Å². The number of hydrogen-bond acceptors (Lipinski definition) is 4. The van der Waals surface area contributed by atoms with Gasteiger partial charge < -0.3 is 21.1 Å². The molecule has 2 fully saturated rings. The Kier molecular flexibility index (Phi) is 5.60. The SMILES string of the molecule is NCCN1CC(CC(=O)O)CC(NCC2CCC2)C1. The molecule has 1 aliphatic heterocycles. The van der Waals surface area contributed by atoms with Crippen molar-refractivity contribution in [3.05, 3.63) is 0 Å². The van der Waals surface area contributed by atoms with Crippen molar-refractivity contribution >= 4 is 5.97 Å². The van der Waals surface area contributed by atoms with Gasteiger partial charge in [0.1, 0.15) is 0 Å². The van der Waals surface area contributed by atoms with Gasteiger partial charge in [0.15, 0.2) is 0 Å². The van der Waals surface area contributed by atoms with Crippen molar-refractivity contribution in [2.24, 2.45) is 17.6 Å². The van der Waals surface area contributed by atoms with E-state index in [1.807, 2.05) is 0 Å². The molecule has 0 aromatic heterocycles. The van der Waals surface area contributed by atoms with Crippen LogP contribution in [0.15, 0.2) is 0 Å². The summed E-state index contributed by atoms with van der Waals surface area (Å²) in [4.78, 5) is 13.2. The van der Waals surface area contributed by atoms with E-state index in [0.717, 1.165) is 38.5 Å². The number of piperidine rings is 1. The standard InChI is InChI=1S/C14H27N3O2/c15-4-5-17-9-12(7-14(18)19)6-13(10-17)16-8-11-2-1-3-11/h11-13,16H,1-10,15H2,(H,18,19). The fourth-order valence-electron chi connectivity index (χ4n) is 3.24. The van der Waals surface area contributed by atoms with Crippen LogP contribution in [0.3, 0.4) is 0 Å². The van der Waals surface area contributed by atoms with Crippen LogP contribution in [-0.2, 0) is 4.79 Å². The van der Waals surface area contributed by atoms with Gasteiger partial charge in [-0.1, -0.05) is 6.42 Å². The van der Waals surface area contributed by atoms with E-state index >= 15 is 0 Å². The van der Waals surface area contributed by atoms with Gasteiger partial charge in [0.25, 0.3) is 0 Å². The third-order valence-electron chi connectivity index (χ3n) is 4.44. The monoisotopic (exact) mass is 269 g/mol. The number of carboxylic acids is 1. The first-order chi connectivity index (χ1) is 9.17. The summed E-state index contributed by atoms with van der Waals surface area (Å²) in [5.74, 6) is 0.428. The highest BCUT2D eigenvalue weighted by Crippen LogP contribution is 2.26. The number of carboxylic acid groups (broad SMARTS) is 1. The van der Waals surface area contributed by atoms with Gasteiger partial charge in [0, 0.05) is 38.6 Å². The summed E-state index contributed by atoms with van der Waals surface area (Å²) in [6.07, 6.45) is 5.34. The lowest BCUT2D eigenvalue weighted by molar-refractivity contribution is -0.138. The highest BCUT2D eigenvalue weighted by molar-refractivity contribution is 5.67. The largest absolute Gasteiger partial charge is 0.481 e. The van der Waals surface area contributed by atoms with Crippen LogP contribution >= 0.6 is 0 Å². The molecule has 1 aliphatic carbocycles. The van der Waals surface area contributed by atoms with Crippen LogP contribution in [0.2, 0.25) is 0 Å². The predicted molar refractivity (Wildman–Crippen MR) is 75.0 cm³/mol. The maximum absolute atomic E-state index is 10.9. The van der Waals surface area contributed by atoms with Crippen molar-refractivity contribution < 1.29 is 9.90 Å². The Balaban J connectivity index is 1.79. The van der Waals surface area contributed by atoms with Crippen LogP contribution < -0.4 is 11.1 Å². The van der Waals surface area contributed by atoms with E-state index in [4.69, 9.17) is 10.8 Å². The van der Waals surface area contributed by atoms with Crippen molar-refractivity contribution in [2.75, 3.05) is 32.7 Å². The molecule has 0 radical (unpaired) electrons. The highest BCUT2D eigenvalue weighted by Gasteiger charge is 2.29. The fourth-order valence-corrected chi connectivity index (χ4v) is 3.24. The van der Waals surface area contributed by atoms with Gasteiger partial charge >= 0.3 is 5.97 Å².